The van der Waals surface area contributed by atoms with E-state index in [9.17, 15) is 37.8 Å². The van der Waals surface area contributed by atoms with Gasteiger partial charge in [-0.1, -0.05) is 76.1 Å². The van der Waals surface area contributed by atoms with Gasteiger partial charge in [0.25, 0.3) is 15.9 Å². The number of carbonyl (C=O) groups excluding carboxylic acids is 4. The van der Waals surface area contributed by atoms with Gasteiger partial charge >= 0.3 is 0 Å². The Morgan fingerprint density at radius 1 is 0.870 bits per heavy atom. The number of thiazole rings is 1. The number of hydrogen-bond donors (Lipinski definition) is 6. The predicted molar refractivity (Wildman–Crippen MR) is 356 cm³/mol. The second-order valence-electron chi connectivity index (χ2n) is 27.0. The molecule has 6 heterocycles. The number of nitrogens with one attached hydrogen (secondary N) is 4. The van der Waals surface area contributed by atoms with Crippen LogP contribution in [0.1, 0.15) is 131 Å². The summed E-state index contributed by atoms with van der Waals surface area (Å²) in [6, 6.07) is 23.4. The molecule has 23 heteroatoms. The molecule has 2 saturated heterocycles. The van der Waals surface area contributed by atoms with Crippen LogP contribution in [0.15, 0.2) is 102 Å². The number of hydrogen-bond acceptors (Lipinski definition) is 17. The van der Waals surface area contributed by atoms with E-state index in [1.807, 2.05) is 69.9 Å². The van der Waals surface area contributed by atoms with Crippen LogP contribution in [0.5, 0.6) is 0 Å². The SMILES string of the molecule is C#Cc1ccc([C@H](CO)NC(=O)[C@@H]2C[C@@H](O)CN2C(=O)[C@@H](NC(=O)C2CCN(c3ccc(S(=O)(=O)NC(=O)c4nc(N(C)c5cc(C)c(Nc6nc7ccccc7s6)nn5)ccc4-c4cnn(CC5(CC)CC6CC(C)CC(C6)C5)c4C)cc3)CC2)C(C)(C)C)cc1. The van der Waals surface area contributed by atoms with Crippen molar-refractivity contribution in [3.63, 3.8) is 0 Å². The third-order valence-electron chi connectivity index (χ3n) is 19.3. The standard InChI is InChI=1S/C69H83N13O8S2/c1-10-44-16-18-47(19-17-44)55(39-83)71-64(86)56-34-50(84)38-81(56)66(88)61(68(6,7)8)74-63(85)48-26-28-80(29-27-48)49-20-22-51(23-21-49)92(89,90)78-65(87)60-52(53-37-70-82(43(53)5)40-69(11-2)35-45-30-41(3)31-46(33-45)36-69)24-25-58(73-60)79(9)59-32-42(4)62(77-76-59)75-67-72-54-14-12-13-15-57(54)91-67/h1,12-25,32,37,41,45-46,48,50,55-56,61,83-84H,11,26-31,33-36,38-40H2,2-9H3,(H,71,86)(H,74,85)(H,78,87)(H,72,75,77)/t41?,45?,46?,50-,55+,56+,61-,69?/m1/s1. The number of aromatic nitrogens is 6. The van der Waals surface area contributed by atoms with Gasteiger partial charge in [-0.25, -0.2) is 23.1 Å². The molecule has 2 aliphatic carbocycles. The highest BCUT2D eigenvalue weighted by molar-refractivity contribution is 7.90. The number of β-amino-alcohol motifs (C(OH)–C–C–N with tert-alkyl or cyclic N) is 1. The molecule has 0 spiro atoms. The van der Waals surface area contributed by atoms with Gasteiger partial charge < -0.3 is 40.9 Å². The number of rotatable bonds is 19. The van der Waals surface area contributed by atoms with Gasteiger partial charge in [0.1, 0.15) is 23.6 Å². The Hall–Kier alpha value is -8.30. The molecule has 11 rings (SSSR count). The molecular weight excluding hydrogens is 1200 g/mol. The zero-order valence-electron chi connectivity index (χ0n) is 53.5. The summed E-state index contributed by atoms with van der Waals surface area (Å²) in [4.78, 5) is 71.6. The second-order valence-corrected chi connectivity index (χ2v) is 29.7. The van der Waals surface area contributed by atoms with E-state index < -0.39 is 69.9 Å². The smallest absolute Gasteiger partial charge is 0.284 e. The minimum atomic E-state index is -4.48. The summed E-state index contributed by atoms with van der Waals surface area (Å²) >= 11 is 1.51. The molecule has 3 aromatic carbocycles. The fraction of sp³-hybridized carbons (Fsp3) is 0.464. The first kappa shape index (κ1) is 65.2. The molecule has 7 aromatic rings. The number of amides is 4. The largest absolute Gasteiger partial charge is 0.394 e. The van der Waals surface area contributed by atoms with Crippen LogP contribution in [0.4, 0.5) is 28.3 Å². The molecule has 92 heavy (non-hydrogen) atoms. The van der Waals surface area contributed by atoms with E-state index in [0.717, 1.165) is 53.2 Å². The van der Waals surface area contributed by atoms with Gasteiger partial charge in [-0.05, 0) is 172 Å². The summed E-state index contributed by atoms with van der Waals surface area (Å²) in [5.41, 5.74) is 4.73. The number of sulfonamides is 1. The van der Waals surface area contributed by atoms with E-state index in [1.165, 1.54) is 47.6 Å². The van der Waals surface area contributed by atoms with Crippen molar-refractivity contribution in [2.24, 2.45) is 34.5 Å². The number of carbonyl (C=O) groups is 4. The monoisotopic (exact) mass is 1290 g/mol. The van der Waals surface area contributed by atoms with Crippen LogP contribution >= 0.6 is 11.3 Å². The predicted octanol–water partition coefficient (Wildman–Crippen LogP) is 9.37. The van der Waals surface area contributed by atoms with Crippen molar-refractivity contribution < 1.29 is 37.8 Å². The first-order valence-corrected chi connectivity index (χ1v) is 34.1. The quantitative estimate of drug-likeness (QED) is 0.0412. The molecule has 6 N–H and O–H groups in total. The maximum Gasteiger partial charge on any atom is 0.284 e. The molecule has 4 aromatic heterocycles. The van der Waals surface area contributed by atoms with Crippen LogP contribution in [0.3, 0.4) is 0 Å². The van der Waals surface area contributed by atoms with E-state index in [4.69, 9.17) is 16.5 Å². The lowest BCUT2D eigenvalue weighted by Crippen LogP contribution is -2.59. The number of aliphatic hydroxyl groups is 2. The van der Waals surface area contributed by atoms with Crippen molar-refractivity contribution in [3.8, 4) is 23.5 Å². The van der Waals surface area contributed by atoms with Crippen molar-refractivity contribution in [1.29, 1.82) is 0 Å². The van der Waals surface area contributed by atoms with Gasteiger partial charge in [0.15, 0.2) is 16.8 Å². The summed E-state index contributed by atoms with van der Waals surface area (Å²) in [5, 5.41) is 44.8. The van der Waals surface area contributed by atoms with Gasteiger partial charge in [-0.15, -0.1) is 16.6 Å². The summed E-state index contributed by atoms with van der Waals surface area (Å²) in [5.74, 6) is 3.18. The topological polar surface area (TPSA) is 270 Å². The molecule has 2 unspecified atom stereocenters. The highest BCUT2D eigenvalue weighted by Crippen LogP contribution is 2.53. The molecule has 4 amide bonds. The minimum absolute atomic E-state index is 0.0189. The van der Waals surface area contributed by atoms with Crippen molar-refractivity contribution in [2.75, 3.05) is 48.4 Å². The zero-order valence-corrected chi connectivity index (χ0v) is 55.2. The Balaban J connectivity index is 0.770. The van der Waals surface area contributed by atoms with E-state index in [-0.39, 0.29) is 34.9 Å². The third-order valence-corrected chi connectivity index (χ3v) is 21.6. The highest BCUT2D eigenvalue weighted by atomic mass is 32.2. The highest BCUT2D eigenvalue weighted by Gasteiger charge is 2.46. The Bertz CT molecular complexity index is 3990. The number of pyridine rings is 1. The number of benzene rings is 3. The molecule has 6 atom stereocenters. The van der Waals surface area contributed by atoms with Crippen LogP contribution < -0.4 is 30.5 Å². The molecule has 2 bridgehead atoms. The van der Waals surface area contributed by atoms with Crippen LogP contribution in [0.2, 0.25) is 0 Å². The number of likely N-dealkylation sites (tertiary alicyclic amines) is 1. The number of anilines is 5. The maximum atomic E-state index is 14.8. The normalized spacial score (nSPS) is 21.7. The molecule has 21 nitrogen and oxygen atoms in total. The number of nitrogens with zero attached hydrogens (tertiary/aromatic N) is 9. The van der Waals surface area contributed by atoms with Crippen LogP contribution in [0, 0.1) is 60.7 Å². The van der Waals surface area contributed by atoms with Gasteiger partial charge in [-0.2, -0.15) is 5.10 Å². The number of aryl methyl sites for hydroxylation is 1. The summed E-state index contributed by atoms with van der Waals surface area (Å²) in [6.45, 7) is 15.1. The van der Waals surface area contributed by atoms with Gasteiger partial charge in [-0.3, -0.25) is 23.9 Å². The van der Waals surface area contributed by atoms with Gasteiger partial charge in [0, 0.05) is 73.6 Å². The molecule has 4 aliphatic rings. The fourth-order valence-electron chi connectivity index (χ4n) is 14.3. The lowest BCUT2D eigenvalue weighted by Gasteiger charge is -2.48. The number of para-hydroxylation sites is 1. The summed E-state index contributed by atoms with van der Waals surface area (Å²) in [7, 11) is -2.73. The van der Waals surface area contributed by atoms with E-state index in [0.29, 0.717) is 88.3 Å². The van der Waals surface area contributed by atoms with E-state index in [1.54, 1.807) is 66.7 Å². The molecule has 0 radical (unpaired) electrons. The van der Waals surface area contributed by atoms with Crippen LogP contribution in [0.25, 0.3) is 21.3 Å². The van der Waals surface area contributed by atoms with E-state index >= 15 is 0 Å². The van der Waals surface area contributed by atoms with E-state index in [2.05, 4.69) is 60.3 Å². The molecular formula is C69H83N13O8S2. The third kappa shape index (κ3) is 14.0. The first-order valence-electron chi connectivity index (χ1n) is 31.8. The maximum absolute atomic E-state index is 14.8. The lowest BCUT2D eigenvalue weighted by atomic mass is 9.58. The molecule has 2 aliphatic heterocycles. The van der Waals surface area contributed by atoms with Gasteiger partial charge in [0.05, 0.1) is 40.1 Å². The van der Waals surface area contributed by atoms with Crippen molar-refractivity contribution in [2.45, 2.75) is 142 Å². The average molecular weight is 1290 g/mol. The Morgan fingerprint density at radius 3 is 2.23 bits per heavy atom. The molecule has 2 saturated carbocycles. The molecule has 484 valence electrons. The summed E-state index contributed by atoms with van der Waals surface area (Å²) < 4.78 is 34.2. The Labute approximate surface area is 542 Å². The molecule has 4 fully saturated rings. The Kier molecular flexibility index (Phi) is 18.9. The number of aliphatic hydroxyl groups excluding tert-OH is 2. The van der Waals surface area contributed by atoms with Crippen molar-refractivity contribution >= 4 is 83.5 Å². The summed E-state index contributed by atoms with van der Waals surface area (Å²) in [6.07, 6.45) is 14.2. The number of fused-ring (bicyclic) bond motifs is 3. The van der Waals surface area contributed by atoms with Crippen molar-refractivity contribution in [3.05, 3.63) is 125 Å². The van der Waals surface area contributed by atoms with Gasteiger partial charge in [0.2, 0.25) is 17.7 Å². The lowest BCUT2D eigenvalue weighted by molar-refractivity contribution is -0.144. The second kappa shape index (κ2) is 26.7. The van der Waals surface area contributed by atoms with Crippen LogP contribution in [-0.2, 0) is 31.0 Å². The fourth-order valence-corrected chi connectivity index (χ4v) is 16.2. The number of piperidine rings is 1. The first-order chi connectivity index (χ1) is 43.9. The van der Waals surface area contributed by atoms with Crippen LogP contribution in [-0.4, -0.2) is 129 Å². The van der Waals surface area contributed by atoms with Crippen molar-refractivity contribution in [1.82, 2.24) is 50.2 Å². The zero-order chi connectivity index (χ0) is 65.4. The number of terminal acetylenes is 1. The Morgan fingerprint density at radius 2 is 1.58 bits per heavy atom. The average Bonchev–Trinajstić information content (AvgIpc) is 1.56. The minimum Gasteiger partial charge on any atom is -0.394 e.